The van der Waals surface area contributed by atoms with Crippen molar-refractivity contribution in [2.75, 3.05) is 0 Å². The third-order valence-electron chi connectivity index (χ3n) is 1.72. The molecule has 0 saturated carbocycles. The van der Waals surface area contributed by atoms with Crippen LogP contribution in [0.25, 0.3) is 0 Å². The molecule has 1 aromatic rings. The van der Waals surface area contributed by atoms with Crippen LogP contribution in [0.15, 0.2) is 17.0 Å². The molecular formula is C8H5Cl2FO3S. The molecule has 15 heavy (non-hydrogen) atoms. The predicted octanol–water partition coefficient (Wildman–Crippen LogP) is 2.44. The van der Waals surface area contributed by atoms with E-state index in [1.807, 2.05) is 0 Å². The lowest BCUT2D eigenvalue weighted by Crippen LogP contribution is -2.01. The summed E-state index contributed by atoms with van der Waals surface area (Å²) in [4.78, 5) is 10.4. The number of carbonyl (C=O) groups excluding carboxylic acids is 1. The lowest BCUT2D eigenvalue weighted by atomic mass is 10.1. The first-order valence-corrected chi connectivity index (χ1v) is 6.37. The van der Waals surface area contributed by atoms with Gasteiger partial charge in [-0.05, 0) is 36.2 Å². The van der Waals surface area contributed by atoms with Crippen molar-refractivity contribution in [3.63, 3.8) is 0 Å². The number of rotatable bonds is 2. The van der Waals surface area contributed by atoms with Crippen molar-refractivity contribution < 1.29 is 17.6 Å². The molecule has 0 atom stereocenters. The molecule has 0 N–H and O–H groups in total. The molecule has 0 saturated heterocycles. The predicted molar refractivity (Wildman–Crippen MR) is 54.4 cm³/mol. The second-order valence-electron chi connectivity index (χ2n) is 2.81. The first kappa shape index (κ1) is 12.4. The van der Waals surface area contributed by atoms with E-state index in [0.29, 0.717) is 0 Å². The summed E-state index contributed by atoms with van der Waals surface area (Å²) in [6.45, 7) is 1.31. The van der Waals surface area contributed by atoms with Crippen molar-refractivity contribution in [2.24, 2.45) is 0 Å². The summed E-state index contributed by atoms with van der Waals surface area (Å²) in [5.74, 6) is -0.848. The van der Waals surface area contributed by atoms with Crippen molar-refractivity contribution in [3.8, 4) is 0 Å². The van der Waals surface area contributed by atoms with Gasteiger partial charge in [0.1, 0.15) is 5.82 Å². The molecule has 0 aliphatic carbocycles. The van der Waals surface area contributed by atoms with E-state index in [-0.39, 0.29) is 10.5 Å². The Labute approximate surface area is 95.2 Å². The number of aryl methyl sites for hydroxylation is 1. The molecule has 7 heteroatoms. The summed E-state index contributed by atoms with van der Waals surface area (Å²) in [5.41, 5.74) is -0.517. The first-order valence-electron chi connectivity index (χ1n) is 3.68. The molecule has 0 amide bonds. The Morgan fingerprint density at radius 3 is 2.33 bits per heavy atom. The standard InChI is InChI=1S/C8H5Cl2FO3S/c1-4-2-5(15(10,13)14)3-6(7(4)11)8(9)12/h2-3H,1H3. The average Bonchev–Trinajstić information content (AvgIpc) is 2.06. The molecule has 3 nitrogen and oxygen atoms in total. The highest BCUT2D eigenvalue weighted by atomic mass is 35.7. The van der Waals surface area contributed by atoms with Crippen LogP contribution in [0.1, 0.15) is 15.9 Å². The molecule has 0 fully saturated rings. The zero-order valence-corrected chi connectivity index (χ0v) is 9.75. The lowest BCUT2D eigenvalue weighted by molar-refractivity contribution is 0.107. The van der Waals surface area contributed by atoms with E-state index >= 15 is 0 Å². The quantitative estimate of drug-likeness (QED) is 0.776. The van der Waals surface area contributed by atoms with Crippen LogP contribution in [-0.4, -0.2) is 13.7 Å². The van der Waals surface area contributed by atoms with E-state index < -0.39 is 25.7 Å². The van der Waals surface area contributed by atoms with Crippen LogP contribution in [0.2, 0.25) is 0 Å². The van der Waals surface area contributed by atoms with Gasteiger partial charge in [0.25, 0.3) is 14.3 Å². The van der Waals surface area contributed by atoms with Crippen molar-refractivity contribution in [1.29, 1.82) is 0 Å². The summed E-state index contributed by atoms with van der Waals surface area (Å²) in [6.07, 6.45) is 0. The number of hydrogen-bond donors (Lipinski definition) is 0. The molecule has 1 rings (SSSR count). The second-order valence-corrected chi connectivity index (χ2v) is 5.72. The number of carbonyl (C=O) groups is 1. The SMILES string of the molecule is Cc1cc(S(=O)(=O)Cl)cc(C(=O)Cl)c1F. The van der Waals surface area contributed by atoms with Crippen LogP contribution < -0.4 is 0 Å². The van der Waals surface area contributed by atoms with Crippen LogP contribution in [0.4, 0.5) is 4.39 Å². The van der Waals surface area contributed by atoms with Gasteiger partial charge in [-0.2, -0.15) is 0 Å². The normalized spacial score (nSPS) is 11.5. The van der Waals surface area contributed by atoms with Gasteiger partial charge in [0.15, 0.2) is 0 Å². The third-order valence-corrected chi connectivity index (χ3v) is 3.26. The fourth-order valence-electron chi connectivity index (χ4n) is 1.02. The van der Waals surface area contributed by atoms with Crippen LogP contribution >= 0.6 is 22.3 Å². The maximum Gasteiger partial charge on any atom is 0.261 e. The second kappa shape index (κ2) is 4.08. The summed E-state index contributed by atoms with van der Waals surface area (Å²) < 4.78 is 35.2. The van der Waals surface area contributed by atoms with Gasteiger partial charge in [-0.15, -0.1) is 0 Å². The Morgan fingerprint density at radius 2 is 1.93 bits per heavy atom. The van der Waals surface area contributed by atoms with Gasteiger partial charge in [0.05, 0.1) is 10.5 Å². The van der Waals surface area contributed by atoms with E-state index in [0.717, 1.165) is 12.1 Å². The van der Waals surface area contributed by atoms with Gasteiger partial charge >= 0.3 is 0 Å². The van der Waals surface area contributed by atoms with Crippen LogP contribution in [0.3, 0.4) is 0 Å². The van der Waals surface area contributed by atoms with E-state index in [1.165, 1.54) is 6.92 Å². The molecule has 0 aliphatic rings. The monoisotopic (exact) mass is 270 g/mol. The van der Waals surface area contributed by atoms with Gasteiger partial charge in [0.2, 0.25) is 0 Å². The fourth-order valence-corrected chi connectivity index (χ4v) is 2.00. The maximum atomic E-state index is 13.3. The Bertz CT molecular complexity index is 525. The topological polar surface area (TPSA) is 51.2 Å². The van der Waals surface area contributed by atoms with Crippen molar-refractivity contribution in [1.82, 2.24) is 0 Å². The number of benzene rings is 1. The van der Waals surface area contributed by atoms with E-state index in [9.17, 15) is 17.6 Å². The van der Waals surface area contributed by atoms with Crippen molar-refractivity contribution in [3.05, 3.63) is 29.1 Å². The minimum absolute atomic E-state index is 0.0132. The van der Waals surface area contributed by atoms with Crippen molar-refractivity contribution in [2.45, 2.75) is 11.8 Å². The first-order chi connectivity index (χ1) is 6.73. The zero-order valence-electron chi connectivity index (χ0n) is 7.42. The van der Waals surface area contributed by atoms with Gasteiger partial charge in [0, 0.05) is 10.7 Å². The zero-order chi connectivity index (χ0) is 11.8. The Balaban J connectivity index is 3.57. The molecular weight excluding hydrogens is 266 g/mol. The Kier molecular flexibility index (Phi) is 3.38. The highest BCUT2D eigenvalue weighted by molar-refractivity contribution is 8.13. The van der Waals surface area contributed by atoms with Gasteiger partial charge < -0.3 is 0 Å². The largest absolute Gasteiger partial charge is 0.275 e. The van der Waals surface area contributed by atoms with E-state index in [2.05, 4.69) is 0 Å². The van der Waals surface area contributed by atoms with Gasteiger partial charge in [-0.25, -0.2) is 12.8 Å². The molecule has 82 valence electrons. The van der Waals surface area contributed by atoms with Gasteiger partial charge in [-0.1, -0.05) is 0 Å². The molecule has 0 aliphatic heterocycles. The maximum absolute atomic E-state index is 13.3. The molecule has 0 radical (unpaired) electrons. The summed E-state index contributed by atoms with van der Waals surface area (Å²) in [7, 11) is 1.05. The van der Waals surface area contributed by atoms with Crippen molar-refractivity contribution >= 4 is 36.6 Å². The summed E-state index contributed by atoms with van der Waals surface area (Å²) in [6, 6.07) is 1.83. The van der Waals surface area contributed by atoms with E-state index in [4.69, 9.17) is 22.3 Å². The highest BCUT2D eigenvalue weighted by Crippen LogP contribution is 2.23. The van der Waals surface area contributed by atoms with Gasteiger partial charge in [-0.3, -0.25) is 4.79 Å². The van der Waals surface area contributed by atoms with E-state index in [1.54, 1.807) is 0 Å². The molecule has 0 aromatic heterocycles. The Hall–Kier alpha value is -0.650. The number of hydrogen-bond acceptors (Lipinski definition) is 3. The summed E-state index contributed by atoms with van der Waals surface area (Å²) in [5, 5.41) is -1.07. The third kappa shape index (κ3) is 2.68. The van der Waals surface area contributed by atoms with Crippen LogP contribution in [0.5, 0.6) is 0 Å². The lowest BCUT2D eigenvalue weighted by Gasteiger charge is -2.04. The Morgan fingerprint density at radius 1 is 1.40 bits per heavy atom. The summed E-state index contributed by atoms with van der Waals surface area (Å²) >= 11 is 5.09. The van der Waals surface area contributed by atoms with Crippen LogP contribution in [0, 0.1) is 12.7 Å². The smallest absolute Gasteiger partial charge is 0.261 e. The molecule has 0 unspecified atom stereocenters. The molecule has 0 bridgehead atoms. The minimum atomic E-state index is -4.00. The molecule has 0 spiro atoms. The fraction of sp³-hybridized carbons (Fsp3) is 0.125. The van der Waals surface area contributed by atoms with Crippen LogP contribution in [-0.2, 0) is 9.05 Å². The highest BCUT2D eigenvalue weighted by Gasteiger charge is 2.18. The molecule has 0 heterocycles. The minimum Gasteiger partial charge on any atom is -0.275 e. The molecule has 1 aromatic carbocycles. The number of halogens is 3. The average molecular weight is 271 g/mol.